The van der Waals surface area contributed by atoms with Crippen molar-refractivity contribution in [2.75, 3.05) is 6.61 Å². The first kappa shape index (κ1) is 25.8. The fourth-order valence-electron chi connectivity index (χ4n) is 4.48. The number of nitrogens with zero attached hydrogens (tertiary/aromatic N) is 1. The maximum Gasteiger partial charge on any atom is 0.137 e. The third-order valence-electron chi connectivity index (χ3n) is 6.68. The van der Waals surface area contributed by atoms with E-state index in [0.29, 0.717) is 23.8 Å². The van der Waals surface area contributed by atoms with E-state index in [0.717, 1.165) is 53.8 Å². The third-order valence-corrected chi connectivity index (χ3v) is 6.68. The average Bonchev–Trinajstić information content (AvgIpc) is 2.90. The minimum atomic E-state index is -0.253. The summed E-state index contributed by atoms with van der Waals surface area (Å²) in [6, 6.07) is 20.2. The molecule has 0 saturated carbocycles. The van der Waals surface area contributed by atoms with Gasteiger partial charge in [0.1, 0.15) is 17.4 Å². The van der Waals surface area contributed by atoms with Gasteiger partial charge in [-0.2, -0.15) is 0 Å². The number of unbranched alkanes of at least 4 members (excludes halogenated alkanes) is 4. The Kier molecular flexibility index (Phi) is 9.43. The Bertz CT molecular complexity index is 1240. The minimum absolute atomic E-state index is 0.163. The molecule has 0 radical (unpaired) electrons. The van der Waals surface area contributed by atoms with Crippen LogP contribution in [0.15, 0.2) is 72.9 Å². The van der Waals surface area contributed by atoms with E-state index in [1.807, 2.05) is 42.6 Å². The van der Waals surface area contributed by atoms with Gasteiger partial charge < -0.3 is 4.74 Å². The molecule has 0 spiro atoms. The number of pyridine rings is 1. The summed E-state index contributed by atoms with van der Waals surface area (Å²) in [4.78, 5) is 4.55. The Balaban J connectivity index is 1.29. The van der Waals surface area contributed by atoms with Gasteiger partial charge in [-0.25, -0.2) is 8.78 Å². The molecule has 4 rings (SSSR count). The van der Waals surface area contributed by atoms with E-state index in [1.165, 1.54) is 37.8 Å². The molecule has 0 bridgehead atoms. The molecule has 0 atom stereocenters. The Labute approximate surface area is 213 Å². The van der Waals surface area contributed by atoms with Crippen LogP contribution in [0.4, 0.5) is 8.78 Å². The summed E-state index contributed by atoms with van der Waals surface area (Å²) < 4.78 is 34.0. The molecular weight excluding hydrogens is 452 g/mol. The quantitative estimate of drug-likeness (QED) is 0.177. The molecule has 1 aromatic heterocycles. The van der Waals surface area contributed by atoms with Gasteiger partial charge in [0.2, 0.25) is 0 Å². The molecule has 3 aromatic carbocycles. The predicted octanol–water partition coefficient (Wildman–Crippen LogP) is 8.43. The lowest BCUT2D eigenvalue weighted by Crippen LogP contribution is -2.00. The van der Waals surface area contributed by atoms with Crippen LogP contribution in [-0.2, 0) is 25.7 Å². The van der Waals surface area contributed by atoms with Crippen molar-refractivity contribution in [2.45, 2.75) is 64.7 Å². The Morgan fingerprint density at radius 1 is 0.722 bits per heavy atom. The fraction of sp³-hybridized carbons (Fsp3) is 0.344. The van der Waals surface area contributed by atoms with Crippen molar-refractivity contribution in [1.82, 2.24) is 4.98 Å². The zero-order valence-corrected chi connectivity index (χ0v) is 21.1. The molecule has 0 aliphatic rings. The predicted molar refractivity (Wildman–Crippen MR) is 144 cm³/mol. The molecule has 36 heavy (non-hydrogen) atoms. The summed E-state index contributed by atoms with van der Waals surface area (Å²) in [7, 11) is 0. The van der Waals surface area contributed by atoms with Gasteiger partial charge in [0.15, 0.2) is 0 Å². The van der Waals surface area contributed by atoms with Crippen LogP contribution in [0.25, 0.3) is 10.8 Å². The van der Waals surface area contributed by atoms with Gasteiger partial charge in [-0.1, -0.05) is 75.1 Å². The van der Waals surface area contributed by atoms with Crippen molar-refractivity contribution in [1.29, 1.82) is 0 Å². The molecule has 0 aliphatic heterocycles. The van der Waals surface area contributed by atoms with Gasteiger partial charge in [-0.05, 0) is 78.4 Å². The van der Waals surface area contributed by atoms with Gasteiger partial charge in [-0.15, -0.1) is 0 Å². The van der Waals surface area contributed by atoms with E-state index in [4.69, 9.17) is 4.74 Å². The second kappa shape index (κ2) is 13.2. The fourth-order valence-corrected chi connectivity index (χ4v) is 4.48. The Morgan fingerprint density at radius 2 is 1.50 bits per heavy atom. The summed E-state index contributed by atoms with van der Waals surface area (Å²) in [5.41, 5.74) is 3.87. The average molecular weight is 488 g/mol. The van der Waals surface area contributed by atoms with Gasteiger partial charge in [0, 0.05) is 11.1 Å². The van der Waals surface area contributed by atoms with Gasteiger partial charge in [0.25, 0.3) is 0 Å². The van der Waals surface area contributed by atoms with Crippen LogP contribution in [0.2, 0.25) is 0 Å². The lowest BCUT2D eigenvalue weighted by molar-refractivity contribution is 0.303. The number of hydrogen-bond donors (Lipinski definition) is 0. The van der Waals surface area contributed by atoms with Crippen LogP contribution >= 0.6 is 0 Å². The molecule has 4 heteroatoms. The molecule has 2 nitrogen and oxygen atoms in total. The lowest BCUT2D eigenvalue weighted by atomic mass is 9.98. The Morgan fingerprint density at radius 3 is 2.28 bits per heavy atom. The van der Waals surface area contributed by atoms with E-state index >= 15 is 4.39 Å². The van der Waals surface area contributed by atoms with Crippen molar-refractivity contribution < 1.29 is 13.5 Å². The maximum atomic E-state index is 15.1. The van der Waals surface area contributed by atoms with Crippen molar-refractivity contribution in [3.05, 3.63) is 107 Å². The number of fused-ring (bicyclic) bond motifs is 1. The summed E-state index contributed by atoms with van der Waals surface area (Å²) in [6.07, 6.45) is 10.9. The molecule has 0 aliphatic carbocycles. The van der Waals surface area contributed by atoms with Gasteiger partial charge in [0.05, 0.1) is 12.8 Å². The first-order chi connectivity index (χ1) is 17.6. The van der Waals surface area contributed by atoms with Crippen molar-refractivity contribution in [2.24, 2.45) is 0 Å². The first-order valence-corrected chi connectivity index (χ1v) is 13.1. The first-order valence-electron chi connectivity index (χ1n) is 13.1. The van der Waals surface area contributed by atoms with Gasteiger partial charge >= 0.3 is 0 Å². The molecular formula is C32H35F2NO. The highest BCUT2D eigenvalue weighted by molar-refractivity contribution is 5.84. The molecule has 0 N–H and O–H groups in total. The zero-order chi connectivity index (χ0) is 25.2. The molecule has 0 saturated heterocycles. The smallest absolute Gasteiger partial charge is 0.137 e. The van der Waals surface area contributed by atoms with Crippen LogP contribution < -0.4 is 4.74 Å². The second-order valence-corrected chi connectivity index (χ2v) is 9.47. The summed E-state index contributed by atoms with van der Waals surface area (Å²) in [6.45, 7) is 2.96. The van der Waals surface area contributed by atoms with Crippen LogP contribution in [0.5, 0.6) is 5.75 Å². The topological polar surface area (TPSA) is 22.1 Å². The summed E-state index contributed by atoms with van der Waals surface area (Å²) in [5.74, 6) is 0.409. The van der Waals surface area contributed by atoms with E-state index in [1.54, 1.807) is 12.1 Å². The summed E-state index contributed by atoms with van der Waals surface area (Å²) in [5, 5.41) is 1.55. The van der Waals surface area contributed by atoms with E-state index < -0.39 is 0 Å². The monoisotopic (exact) mass is 487 g/mol. The maximum absolute atomic E-state index is 15.1. The van der Waals surface area contributed by atoms with Gasteiger partial charge in [-0.3, -0.25) is 4.98 Å². The van der Waals surface area contributed by atoms with Crippen LogP contribution in [0.1, 0.15) is 61.4 Å². The number of halogens is 2. The minimum Gasteiger partial charge on any atom is -0.492 e. The number of aryl methyl sites for hydroxylation is 4. The zero-order valence-electron chi connectivity index (χ0n) is 21.1. The highest BCUT2D eigenvalue weighted by atomic mass is 19.1. The van der Waals surface area contributed by atoms with Crippen LogP contribution in [-0.4, -0.2) is 11.6 Å². The number of hydrogen-bond acceptors (Lipinski definition) is 2. The molecule has 0 fully saturated rings. The van der Waals surface area contributed by atoms with Crippen LogP contribution in [0.3, 0.4) is 0 Å². The normalized spacial score (nSPS) is 11.2. The second-order valence-electron chi connectivity index (χ2n) is 9.47. The Hall–Kier alpha value is -3.27. The molecule has 0 unspecified atom stereocenters. The third kappa shape index (κ3) is 7.36. The van der Waals surface area contributed by atoms with Crippen molar-refractivity contribution in [3.63, 3.8) is 0 Å². The number of aromatic nitrogens is 1. The number of rotatable bonds is 13. The summed E-state index contributed by atoms with van der Waals surface area (Å²) >= 11 is 0. The molecule has 4 aromatic rings. The molecule has 0 amide bonds. The van der Waals surface area contributed by atoms with Crippen LogP contribution in [0, 0.1) is 11.6 Å². The molecule has 1 heterocycles. The largest absolute Gasteiger partial charge is 0.492 e. The highest BCUT2D eigenvalue weighted by Gasteiger charge is 2.09. The SMILES string of the molecule is CCCCCCCOc1ccc(CCc2ccc3c(F)c(CCc4ccc(F)cc4)ccc3c2)nc1. The van der Waals surface area contributed by atoms with Crippen molar-refractivity contribution >= 4 is 10.8 Å². The molecule has 188 valence electrons. The number of ether oxygens (including phenoxy) is 1. The lowest BCUT2D eigenvalue weighted by Gasteiger charge is -2.09. The van der Waals surface area contributed by atoms with E-state index in [2.05, 4.69) is 18.0 Å². The standard InChI is InChI=1S/C32H35F2NO/c1-2-3-4-5-6-21-36-30-19-18-29(35-23-30)17-10-25-11-20-31-27(22-25)14-13-26(32(31)34)12-7-24-8-15-28(33)16-9-24/h8-9,11,13-16,18-20,22-23H,2-7,10,12,17,21H2,1H3. The number of benzene rings is 3. The van der Waals surface area contributed by atoms with E-state index in [9.17, 15) is 4.39 Å². The highest BCUT2D eigenvalue weighted by Crippen LogP contribution is 2.24. The van der Waals surface area contributed by atoms with E-state index in [-0.39, 0.29) is 11.6 Å². The van der Waals surface area contributed by atoms with Crippen molar-refractivity contribution in [3.8, 4) is 5.75 Å².